The van der Waals surface area contributed by atoms with Gasteiger partial charge in [0.1, 0.15) is 17.5 Å². The van der Waals surface area contributed by atoms with Crippen LogP contribution < -0.4 is 11.1 Å². The molecular weight excluding hydrogens is 228 g/mol. The van der Waals surface area contributed by atoms with Crippen LogP contribution in [0.4, 0.5) is 11.6 Å². The lowest BCUT2D eigenvalue weighted by atomic mass is 10.1. The fourth-order valence-electron chi connectivity index (χ4n) is 1.86. The Morgan fingerprint density at radius 2 is 2.00 bits per heavy atom. The van der Waals surface area contributed by atoms with E-state index in [4.69, 9.17) is 5.73 Å². The highest BCUT2D eigenvalue weighted by Gasteiger charge is 2.12. The zero-order valence-corrected chi connectivity index (χ0v) is 11.7. The molecule has 1 aromatic heterocycles. The molecule has 0 saturated carbocycles. The number of rotatable bonds is 6. The van der Waals surface area contributed by atoms with Gasteiger partial charge in [0.25, 0.3) is 0 Å². The molecule has 0 amide bonds. The van der Waals surface area contributed by atoms with Crippen LogP contribution in [-0.2, 0) is 6.42 Å². The van der Waals surface area contributed by atoms with Gasteiger partial charge in [-0.15, -0.1) is 0 Å². The summed E-state index contributed by atoms with van der Waals surface area (Å²) in [5.74, 6) is 2.08. The predicted octanol–water partition coefficient (Wildman–Crippen LogP) is 1.89. The molecule has 18 heavy (non-hydrogen) atoms. The quantitative estimate of drug-likeness (QED) is 0.720. The third kappa shape index (κ3) is 4.14. The second-order valence-corrected chi connectivity index (χ2v) is 4.88. The topological polar surface area (TPSA) is 84.1 Å². The number of nitrogens with zero attached hydrogens (tertiary/aromatic N) is 2. The SMILES string of the molecule is CCCc1nc(N)c(C)c(NC(C)CC(C)O)n1. The number of aromatic nitrogens is 2. The first kappa shape index (κ1) is 14.7. The molecule has 4 N–H and O–H groups in total. The monoisotopic (exact) mass is 252 g/mol. The van der Waals surface area contributed by atoms with Gasteiger partial charge in [-0.1, -0.05) is 6.92 Å². The summed E-state index contributed by atoms with van der Waals surface area (Å²) in [5, 5.41) is 12.7. The van der Waals surface area contributed by atoms with E-state index in [1.54, 1.807) is 6.92 Å². The van der Waals surface area contributed by atoms with Crippen LogP contribution in [0.2, 0.25) is 0 Å². The van der Waals surface area contributed by atoms with E-state index >= 15 is 0 Å². The van der Waals surface area contributed by atoms with E-state index in [1.807, 2.05) is 13.8 Å². The predicted molar refractivity (Wildman–Crippen MR) is 74.6 cm³/mol. The zero-order chi connectivity index (χ0) is 13.7. The Kier molecular flexibility index (Phi) is 5.34. The van der Waals surface area contributed by atoms with E-state index in [-0.39, 0.29) is 12.1 Å². The third-order valence-corrected chi connectivity index (χ3v) is 2.78. The summed E-state index contributed by atoms with van der Waals surface area (Å²) in [6.07, 6.45) is 2.16. The van der Waals surface area contributed by atoms with Gasteiger partial charge in [-0.05, 0) is 33.6 Å². The van der Waals surface area contributed by atoms with Crippen molar-refractivity contribution in [2.75, 3.05) is 11.1 Å². The van der Waals surface area contributed by atoms with Crippen LogP contribution in [0.25, 0.3) is 0 Å². The molecule has 2 atom stereocenters. The molecule has 1 rings (SSSR count). The number of anilines is 2. The number of hydrogen-bond acceptors (Lipinski definition) is 5. The lowest BCUT2D eigenvalue weighted by Crippen LogP contribution is -2.22. The maximum absolute atomic E-state index is 9.37. The molecule has 2 unspecified atom stereocenters. The standard InChI is InChI=1S/C13H24N4O/c1-5-6-11-16-12(14)10(4)13(17-11)15-8(2)7-9(3)18/h8-9,18H,5-7H2,1-4H3,(H3,14,15,16,17). The Morgan fingerprint density at radius 3 is 2.56 bits per heavy atom. The minimum atomic E-state index is -0.331. The van der Waals surface area contributed by atoms with Crippen LogP contribution in [0.15, 0.2) is 0 Å². The highest BCUT2D eigenvalue weighted by molar-refractivity contribution is 5.55. The number of aryl methyl sites for hydroxylation is 1. The Hall–Kier alpha value is -1.36. The van der Waals surface area contributed by atoms with Crippen molar-refractivity contribution in [1.82, 2.24) is 9.97 Å². The fraction of sp³-hybridized carbons (Fsp3) is 0.692. The molecule has 0 fully saturated rings. The average molecular weight is 252 g/mol. The lowest BCUT2D eigenvalue weighted by molar-refractivity contribution is 0.179. The summed E-state index contributed by atoms with van der Waals surface area (Å²) in [6, 6.07) is 0.146. The van der Waals surface area contributed by atoms with Crippen molar-refractivity contribution < 1.29 is 5.11 Å². The number of aliphatic hydroxyl groups is 1. The average Bonchev–Trinajstić information content (AvgIpc) is 2.24. The van der Waals surface area contributed by atoms with Crippen LogP contribution in [0.1, 0.15) is 45.0 Å². The lowest BCUT2D eigenvalue weighted by Gasteiger charge is -2.18. The van der Waals surface area contributed by atoms with Gasteiger partial charge in [0.15, 0.2) is 0 Å². The molecule has 0 aliphatic rings. The van der Waals surface area contributed by atoms with E-state index in [1.165, 1.54) is 0 Å². The Morgan fingerprint density at radius 1 is 1.33 bits per heavy atom. The van der Waals surface area contributed by atoms with Gasteiger partial charge < -0.3 is 16.2 Å². The van der Waals surface area contributed by atoms with Crippen molar-refractivity contribution in [2.45, 2.75) is 59.1 Å². The summed E-state index contributed by atoms with van der Waals surface area (Å²) in [4.78, 5) is 8.75. The summed E-state index contributed by atoms with van der Waals surface area (Å²) in [7, 11) is 0. The maximum atomic E-state index is 9.37. The van der Waals surface area contributed by atoms with Crippen LogP contribution in [0.3, 0.4) is 0 Å². The van der Waals surface area contributed by atoms with Crippen molar-refractivity contribution in [3.05, 3.63) is 11.4 Å². The smallest absolute Gasteiger partial charge is 0.134 e. The first-order chi connectivity index (χ1) is 8.43. The summed E-state index contributed by atoms with van der Waals surface area (Å²) in [5.41, 5.74) is 6.76. The van der Waals surface area contributed by atoms with Crippen molar-refractivity contribution in [3.63, 3.8) is 0 Å². The van der Waals surface area contributed by atoms with E-state index < -0.39 is 0 Å². The minimum absolute atomic E-state index is 0.146. The number of aliphatic hydroxyl groups excluding tert-OH is 1. The van der Waals surface area contributed by atoms with Gasteiger partial charge in [-0.25, -0.2) is 9.97 Å². The van der Waals surface area contributed by atoms with Crippen LogP contribution in [0, 0.1) is 6.92 Å². The largest absolute Gasteiger partial charge is 0.393 e. The molecular formula is C13H24N4O. The van der Waals surface area contributed by atoms with Crippen molar-refractivity contribution >= 4 is 11.6 Å². The third-order valence-electron chi connectivity index (χ3n) is 2.78. The molecule has 0 aromatic carbocycles. The van der Waals surface area contributed by atoms with E-state index in [9.17, 15) is 5.11 Å². The van der Waals surface area contributed by atoms with E-state index in [0.29, 0.717) is 12.2 Å². The van der Waals surface area contributed by atoms with Gasteiger partial charge in [0.05, 0.1) is 6.10 Å². The Labute approximate surface area is 109 Å². The van der Waals surface area contributed by atoms with Crippen LogP contribution >= 0.6 is 0 Å². The molecule has 0 bridgehead atoms. The normalized spacial score (nSPS) is 14.3. The molecule has 0 spiro atoms. The minimum Gasteiger partial charge on any atom is -0.393 e. The Balaban J connectivity index is 2.86. The van der Waals surface area contributed by atoms with Gasteiger partial charge in [-0.3, -0.25) is 0 Å². The number of nitrogens with two attached hydrogens (primary N) is 1. The van der Waals surface area contributed by atoms with Crippen molar-refractivity contribution in [2.24, 2.45) is 0 Å². The first-order valence-electron chi connectivity index (χ1n) is 6.51. The molecule has 0 aliphatic carbocycles. The first-order valence-corrected chi connectivity index (χ1v) is 6.51. The highest BCUT2D eigenvalue weighted by atomic mass is 16.3. The van der Waals surface area contributed by atoms with E-state index in [2.05, 4.69) is 22.2 Å². The summed E-state index contributed by atoms with van der Waals surface area (Å²) in [6.45, 7) is 7.79. The van der Waals surface area contributed by atoms with Crippen LogP contribution in [0.5, 0.6) is 0 Å². The number of nitrogens with one attached hydrogen (secondary N) is 1. The molecule has 5 nitrogen and oxygen atoms in total. The fourth-order valence-corrected chi connectivity index (χ4v) is 1.86. The van der Waals surface area contributed by atoms with Gasteiger partial charge in [0, 0.05) is 18.0 Å². The van der Waals surface area contributed by atoms with Gasteiger partial charge in [-0.2, -0.15) is 0 Å². The zero-order valence-electron chi connectivity index (χ0n) is 11.7. The molecule has 1 aromatic rings. The van der Waals surface area contributed by atoms with Crippen LogP contribution in [-0.4, -0.2) is 27.2 Å². The second kappa shape index (κ2) is 6.54. The molecule has 102 valence electrons. The van der Waals surface area contributed by atoms with E-state index in [0.717, 1.165) is 30.0 Å². The summed E-state index contributed by atoms with van der Waals surface area (Å²) >= 11 is 0. The highest BCUT2D eigenvalue weighted by Crippen LogP contribution is 2.19. The maximum Gasteiger partial charge on any atom is 0.134 e. The van der Waals surface area contributed by atoms with Crippen molar-refractivity contribution in [3.8, 4) is 0 Å². The Bertz CT molecular complexity index is 393. The number of nitrogen functional groups attached to an aromatic ring is 1. The number of hydrogen-bond donors (Lipinski definition) is 3. The van der Waals surface area contributed by atoms with Gasteiger partial charge >= 0.3 is 0 Å². The van der Waals surface area contributed by atoms with Gasteiger partial charge in [0.2, 0.25) is 0 Å². The summed E-state index contributed by atoms with van der Waals surface area (Å²) < 4.78 is 0. The second-order valence-electron chi connectivity index (χ2n) is 4.88. The molecule has 1 heterocycles. The molecule has 0 saturated heterocycles. The molecule has 0 radical (unpaired) electrons. The molecule has 0 aliphatic heterocycles. The molecule has 5 heteroatoms. The van der Waals surface area contributed by atoms with Crippen molar-refractivity contribution in [1.29, 1.82) is 0 Å².